The third kappa shape index (κ3) is 6.07. The van der Waals surface area contributed by atoms with Gasteiger partial charge in [0.15, 0.2) is 0 Å². The SMILES string of the molecule is CC1CCCCN1CCCCNC(=O)c1ccc(Oc2cccnc2)cc1. The Morgan fingerprint density at radius 2 is 2.04 bits per heavy atom. The first-order chi connectivity index (χ1) is 13.2. The summed E-state index contributed by atoms with van der Waals surface area (Å²) >= 11 is 0. The van der Waals surface area contributed by atoms with Crippen molar-refractivity contribution < 1.29 is 9.53 Å². The molecule has 0 spiro atoms. The van der Waals surface area contributed by atoms with Gasteiger partial charge in [0, 0.05) is 24.3 Å². The molecular formula is C22H29N3O2. The number of pyridine rings is 1. The molecule has 1 saturated heterocycles. The van der Waals surface area contributed by atoms with Gasteiger partial charge in [-0.05, 0) is 82.1 Å². The van der Waals surface area contributed by atoms with E-state index in [2.05, 4.69) is 22.1 Å². The fraction of sp³-hybridized carbons (Fsp3) is 0.455. The number of nitrogens with zero attached hydrogens (tertiary/aromatic N) is 2. The molecule has 0 saturated carbocycles. The topological polar surface area (TPSA) is 54.5 Å². The lowest BCUT2D eigenvalue weighted by atomic mass is 10.0. The highest BCUT2D eigenvalue weighted by Crippen LogP contribution is 2.20. The molecule has 1 aromatic heterocycles. The van der Waals surface area contributed by atoms with Gasteiger partial charge >= 0.3 is 0 Å². The molecular weight excluding hydrogens is 338 g/mol. The van der Waals surface area contributed by atoms with Crippen molar-refractivity contribution in [3.63, 3.8) is 0 Å². The number of piperidine rings is 1. The fourth-order valence-electron chi connectivity index (χ4n) is 3.45. The van der Waals surface area contributed by atoms with E-state index in [0.29, 0.717) is 23.1 Å². The van der Waals surface area contributed by atoms with Crippen LogP contribution in [0.2, 0.25) is 0 Å². The van der Waals surface area contributed by atoms with Gasteiger partial charge in [-0.2, -0.15) is 0 Å². The maximum atomic E-state index is 12.3. The molecule has 1 aromatic carbocycles. The maximum Gasteiger partial charge on any atom is 0.251 e. The summed E-state index contributed by atoms with van der Waals surface area (Å²) in [7, 11) is 0. The molecule has 2 aromatic rings. The van der Waals surface area contributed by atoms with Gasteiger partial charge in [-0.1, -0.05) is 6.42 Å². The van der Waals surface area contributed by atoms with E-state index in [1.807, 2.05) is 12.1 Å². The molecule has 0 aliphatic carbocycles. The number of likely N-dealkylation sites (tertiary alicyclic amines) is 1. The summed E-state index contributed by atoms with van der Waals surface area (Å²) in [6.07, 6.45) is 9.50. The Balaban J connectivity index is 1.36. The molecule has 1 aliphatic rings. The van der Waals surface area contributed by atoms with Crippen LogP contribution in [-0.4, -0.2) is 41.5 Å². The zero-order chi connectivity index (χ0) is 18.9. The van der Waals surface area contributed by atoms with E-state index >= 15 is 0 Å². The first-order valence-electron chi connectivity index (χ1n) is 9.92. The fourth-order valence-corrected chi connectivity index (χ4v) is 3.45. The van der Waals surface area contributed by atoms with Crippen LogP contribution in [0.5, 0.6) is 11.5 Å². The molecule has 5 heteroatoms. The van der Waals surface area contributed by atoms with E-state index in [4.69, 9.17) is 4.74 Å². The molecule has 1 unspecified atom stereocenters. The van der Waals surface area contributed by atoms with Gasteiger partial charge in [0.25, 0.3) is 5.91 Å². The maximum absolute atomic E-state index is 12.3. The molecule has 1 aliphatic heterocycles. The van der Waals surface area contributed by atoms with E-state index in [0.717, 1.165) is 25.9 Å². The van der Waals surface area contributed by atoms with Gasteiger partial charge in [0.05, 0.1) is 6.20 Å². The number of ether oxygens (including phenoxy) is 1. The summed E-state index contributed by atoms with van der Waals surface area (Å²) < 4.78 is 5.69. The van der Waals surface area contributed by atoms with Gasteiger partial charge < -0.3 is 15.0 Å². The van der Waals surface area contributed by atoms with E-state index in [9.17, 15) is 4.79 Å². The highest BCUT2D eigenvalue weighted by molar-refractivity contribution is 5.94. The molecule has 5 nitrogen and oxygen atoms in total. The van der Waals surface area contributed by atoms with Crippen LogP contribution in [0.4, 0.5) is 0 Å². The van der Waals surface area contributed by atoms with Crippen LogP contribution < -0.4 is 10.1 Å². The largest absolute Gasteiger partial charge is 0.456 e. The van der Waals surface area contributed by atoms with Crippen molar-refractivity contribution >= 4 is 5.91 Å². The summed E-state index contributed by atoms with van der Waals surface area (Å²) in [6, 6.07) is 11.6. The minimum absolute atomic E-state index is 0.0331. The Labute approximate surface area is 161 Å². The van der Waals surface area contributed by atoms with Crippen molar-refractivity contribution in [2.75, 3.05) is 19.6 Å². The van der Waals surface area contributed by atoms with Crippen LogP contribution in [-0.2, 0) is 0 Å². The Bertz CT molecular complexity index is 703. The van der Waals surface area contributed by atoms with Crippen molar-refractivity contribution in [3.8, 4) is 11.5 Å². The molecule has 2 heterocycles. The van der Waals surface area contributed by atoms with Gasteiger partial charge in [-0.25, -0.2) is 0 Å². The molecule has 3 rings (SSSR count). The average molecular weight is 367 g/mol. The summed E-state index contributed by atoms with van der Waals surface area (Å²) in [5.74, 6) is 1.34. The number of aromatic nitrogens is 1. The Morgan fingerprint density at radius 3 is 2.78 bits per heavy atom. The van der Waals surface area contributed by atoms with E-state index in [1.165, 1.54) is 25.8 Å². The van der Waals surface area contributed by atoms with Crippen LogP contribution in [0.3, 0.4) is 0 Å². The molecule has 27 heavy (non-hydrogen) atoms. The van der Waals surface area contributed by atoms with Crippen LogP contribution in [0.15, 0.2) is 48.8 Å². The van der Waals surface area contributed by atoms with Gasteiger partial charge in [0.1, 0.15) is 11.5 Å². The third-order valence-corrected chi connectivity index (χ3v) is 5.08. The number of carbonyl (C=O) groups excluding carboxylic acids is 1. The monoisotopic (exact) mass is 367 g/mol. The number of benzene rings is 1. The first kappa shape index (κ1) is 19.4. The molecule has 144 valence electrons. The summed E-state index contributed by atoms with van der Waals surface area (Å²) in [4.78, 5) is 18.9. The predicted octanol–water partition coefficient (Wildman–Crippen LogP) is 4.26. The number of rotatable bonds is 8. The number of hydrogen-bond donors (Lipinski definition) is 1. The summed E-state index contributed by atoms with van der Waals surface area (Å²) in [5.41, 5.74) is 0.651. The van der Waals surface area contributed by atoms with Crippen LogP contribution in [0.1, 0.15) is 49.4 Å². The lowest BCUT2D eigenvalue weighted by Crippen LogP contribution is -2.38. The van der Waals surface area contributed by atoms with Crippen molar-refractivity contribution in [2.24, 2.45) is 0 Å². The highest BCUT2D eigenvalue weighted by Gasteiger charge is 2.17. The van der Waals surface area contributed by atoms with E-state index in [1.54, 1.807) is 36.7 Å². The molecule has 0 bridgehead atoms. The zero-order valence-electron chi connectivity index (χ0n) is 16.1. The van der Waals surface area contributed by atoms with E-state index in [-0.39, 0.29) is 5.91 Å². The first-order valence-corrected chi connectivity index (χ1v) is 9.92. The van der Waals surface area contributed by atoms with Crippen LogP contribution in [0.25, 0.3) is 0 Å². The summed E-state index contributed by atoms with van der Waals surface area (Å²) in [6.45, 7) is 5.40. The molecule has 0 radical (unpaired) electrons. The van der Waals surface area contributed by atoms with Gasteiger partial charge in [-0.3, -0.25) is 9.78 Å². The molecule has 1 fully saturated rings. The third-order valence-electron chi connectivity index (χ3n) is 5.08. The quantitative estimate of drug-likeness (QED) is 0.709. The number of amides is 1. The smallest absolute Gasteiger partial charge is 0.251 e. The molecule has 1 N–H and O–H groups in total. The van der Waals surface area contributed by atoms with E-state index < -0.39 is 0 Å². The minimum Gasteiger partial charge on any atom is -0.456 e. The summed E-state index contributed by atoms with van der Waals surface area (Å²) in [5, 5.41) is 3.01. The van der Waals surface area contributed by atoms with Gasteiger partial charge in [0.2, 0.25) is 0 Å². The lowest BCUT2D eigenvalue weighted by Gasteiger charge is -2.33. The average Bonchev–Trinajstić information content (AvgIpc) is 2.70. The zero-order valence-corrected chi connectivity index (χ0v) is 16.1. The number of nitrogens with one attached hydrogen (secondary N) is 1. The van der Waals surface area contributed by atoms with Crippen molar-refractivity contribution in [1.82, 2.24) is 15.2 Å². The normalized spacial score (nSPS) is 17.4. The van der Waals surface area contributed by atoms with Gasteiger partial charge in [-0.15, -0.1) is 0 Å². The highest BCUT2D eigenvalue weighted by atomic mass is 16.5. The van der Waals surface area contributed by atoms with Crippen molar-refractivity contribution in [2.45, 2.75) is 45.1 Å². The van der Waals surface area contributed by atoms with Crippen LogP contribution >= 0.6 is 0 Å². The Morgan fingerprint density at radius 1 is 1.19 bits per heavy atom. The Kier molecular flexibility index (Phi) is 7.22. The predicted molar refractivity (Wildman–Crippen MR) is 107 cm³/mol. The number of unbranched alkanes of at least 4 members (excludes halogenated alkanes) is 1. The van der Waals surface area contributed by atoms with Crippen molar-refractivity contribution in [3.05, 3.63) is 54.4 Å². The second-order valence-electron chi connectivity index (χ2n) is 7.16. The second kappa shape index (κ2) is 10.1. The standard InChI is InChI=1S/C22H29N3O2/c1-18-7-2-4-15-25(18)16-5-3-14-24-22(26)19-9-11-20(12-10-19)27-21-8-6-13-23-17-21/h6,8-13,17-18H,2-5,7,14-16H2,1H3,(H,24,26). The van der Waals surface area contributed by atoms with Crippen LogP contribution in [0, 0.1) is 0 Å². The Hall–Kier alpha value is -2.40. The van der Waals surface area contributed by atoms with Crippen molar-refractivity contribution in [1.29, 1.82) is 0 Å². The molecule has 1 atom stereocenters. The lowest BCUT2D eigenvalue weighted by molar-refractivity contribution is 0.0951. The number of carbonyl (C=O) groups is 1. The minimum atomic E-state index is -0.0331. The molecule has 1 amide bonds. The second-order valence-corrected chi connectivity index (χ2v) is 7.16. The number of hydrogen-bond acceptors (Lipinski definition) is 4.